The number of aromatic nitrogens is 2. The van der Waals surface area contributed by atoms with Gasteiger partial charge in [0, 0.05) is 20.5 Å². The summed E-state index contributed by atoms with van der Waals surface area (Å²) in [5.41, 5.74) is 1.21. The van der Waals surface area contributed by atoms with Crippen LogP contribution in [0.3, 0.4) is 0 Å². The van der Waals surface area contributed by atoms with E-state index in [1.165, 1.54) is 38.5 Å². The maximum Gasteiger partial charge on any atom is 0.223 e. The Kier molecular flexibility index (Phi) is 3.71. The molecule has 4 bridgehead atoms. The van der Waals surface area contributed by atoms with Crippen LogP contribution in [0.25, 0.3) is 0 Å². The molecule has 0 saturated heterocycles. The van der Waals surface area contributed by atoms with E-state index >= 15 is 0 Å². The molecule has 4 nitrogen and oxygen atoms in total. The standard InChI is InChI=1S/C18H26ClN3O/c1-21(11-16-15(19)10-20-22(16)2)17(23)9-18-6-12-3-13(7-18)5-14(4-12)8-18/h10,12-14H,3-9,11H2,1-2H3. The minimum atomic E-state index is 0.268. The zero-order valence-corrected chi connectivity index (χ0v) is 14.9. The van der Waals surface area contributed by atoms with Crippen LogP contribution in [0.4, 0.5) is 0 Å². The Morgan fingerprint density at radius 2 is 1.87 bits per heavy atom. The second kappa shape index (κ2) is 5.51. The number of rotatable bonds is 4. The van der Waals surface area contributed by atoms with E-state index in [9.17, 15) is 4.79 Å². The number of hydrogen-bond acceptors (Lipinski definition) is 2. The third kappa shape index (κ3) is 2.79. The minimum absolute atomic E-state index is 0.268. The Morgan fingerprint density at radius 3 is 2.35 bits per heavy atom. The summed E-state index contributed by atoms with van der Waals surface area (Å²) in [6.45, 7) is 0.542. The van der Waals surface area contributed by atoms with Crippen LogP contribution in [0.1, 0.15) is 50.6 Å². The second-order valence-electron chi connectivity index (χ2n) is 8.41. The van der Waals surface area contributed by atoms with E-state index < -0.39 is 0 Å². The van der Waals surface area contributed by atoms with Gasteiger partial charge >= 0.3 is 0 Å². The lowest BCUT2D eigenvalue weighted by atomic mass is 9.49. The smallest absolute Gasteiger partial charge is 0.223 e. The van der Waals surface area contributed by atoms with Crippen LogP contribution in [0, 0.1) is 23.2 Å². The summed E-state index contributed by atoms with van der Waals surface area (Å²) in [5.74, 6) is 2.95. The van der Waals surface area contributed by atoms with Crippen LogP contribution in [-0.2, 0) is 18.4 Å². The van der Waals surface area contributed by atoms with Gasteiger partial charge in [0.15, 0.2) is 0 Å². The van der Waals surface area contributed by atoms with E-state index in [0.717, 1.165) is 29.9 Å². The van der Waals surface area contributed by atoms with E-state index in [1.807, 2.05) is 19.0 Å². The van der Waals surface area contributed by atoms with Crippen molar-refractivity contribution in [3.8, 4) is 0 Å². The molecular formula is C18H26ClN3O. The number of aryl methyl sites for hydroxylation is 1. The fourth-order valence-electron chi connectivity index (χ4n) is 5.89. The Morgan fingerprint density at radius 1 is 1.30 bits per heavy atom. The Hall–Kier alpha value is -1.03. The highest BCUT2D eigenvalue weighted by Crippen LogP contribution is 2.61. The molecule has 4 fully saturated rings. The molecule has 4 saturated carbocycles. The van der Waals surface area contributed by atoms with Gasteiger partial charge in [0.25, 0.3) is 0 Å². The normalized spacial score (nSPS) is 34.8. The number of carbonyl (C=O) groups excluding carboxylic acids is 1. The zero-order chi connectivity index (χ0) is 16.2. The molecule has 1 amide bonds. The van der Waals surface area contributed by atoms with Crippen molar-refractivity contribution in [2.45, 2.75) is 51.5 Å². The van der Waals surface area contributed by atoms with Crippen molar-refractivity contribution in [2.24, 2.45) is 30.2 Å². The zero-order valence-electron chi connectivity index (χ0n) is 14.1. The third-order valence-electron chi connectivity index (χ3n) is 6.51. The fraction of sp³-hybridized carbons (Fsp3) is 0.778. The molecule has 4 aliphatic rings. The lowest BCUT2D eigenvalue weighted by molar-refractivity contribution is -0.138. The van der Waals surface area contributed by atoms with Gasteiger partial charge in [-0.2, -0.15) is 5.10 Å². The van der Waals surface area contributed by atoms with Crippen molar-refractivity contribution in [1.82, 2.24) is 14.7 Å². The van der Waals surface area contributed by atoms with Crippen LogP contribution >= 0.6 is 11.6 Å². The first kappa shape index (κ1) is 15.5. The number of carbonyl (C=O) groups is 1. The Labute approximate surface area is 143 Å². The van der Waals surface area contributed by atoms with E-state index in [1.54, 1.807) is 10.9 Å². The van der Waals surface area contributed by atoms with Crippen LogP contribution in [0.2, 0.25) is 5.02 Å². The molecule has 1 heterocycles. The van der Waals surface area contributed by atoms with Gasteiger partial charge in [-0.15, -0.1) is 0 Å². The first-order valence-corrected chi connectivity index (χ1v) is 9.22. The molecule has 0 atom stereocenters. The Balaban J connectivity index is 1.43. The molecule has 5 heteroatoms. The molecule has 0 radical (unpaired) electrons. The van der Waals surface area contributed by atoms with Gasteiger partial charge in [-0.25, -0.2) is 0 Å². The first-order valence-electron chi connectivity index (χ1n) is 8.84. The maximum atomic E-state index is 12.8. The molecule has 0 aromatic carbocycles. The molecule has 0 N–H and O–H groups in total. The van der Waals surface area contributed by atoms with Gasteiger partial charge < -0.3 is 4.90 Å². The molecule has 0 unspecified atom stereocenters. The number of amides is 1. The van der Waals surface area contributed by atoms with Crippen molar-refractivity contribution >= 4 is 17.5 Å². The summed E-state index contributed by atoms with van der Waals surface area (Å²) in [5, 5.41) is 4.80. The average molecular weight is 336 g/mol. The van der Waals surface area contributed by atoms with E-state index in [2.05, 4.69) is 5.10 Å². The van der Waals surface area contributed by atoms with E-state index in [4.69, 9.17) is 11.6 Å². The van der Waals surface area contributed by atoms with Crippen LogP contribution in [0.5, 0.6) is 0 Å². The highest BCUT2D eigenvalue weighted by molar-refractivity contribution is 6.31. The molecule has 0 aliphatic heterocycles. The number of hydrogen-bond donors (Lipinski definition) is 0. The van der Waals surface area contributed by atoms with Crippen molar-refractivity contribution in [3.05, 3.63) is 16.9 Å². The van der Waals surface area contributed by atoms with Crippen molar-refractivity contribution in [1.29, 1.82) is 0 Å². The van der Waals surface area contributed by atoms with Crippen molar-refractivity contribution < 1.29 is 4.79 Å². The van der Waals surface area contributed by atoms with Gasteiger partial charge in [0.05, 0.1) is 23.5 Å². The Bertz CT molecular complexity index is 569. The molecule has 4 aliphatic carbocycles. The predicted octanol–water partition coefficient (Wildman–Crippen LogP) is 3.64. The summed E-state index contributed by atoms with van der Waals surface area (Å²) in [6.07, 6.45) is 10.5. The monoisotopic (exact) mass is 335 g/mol. The SMILES string of the molecule is CN(Cc1c(Cl)cnn1C)C(=O)CC12CC3CC(CC(C3)C1)C2. The van der Waals surface area contributed by atoms with Crippen molar-refractivity contribution in [3.63, 3.8) is 0 Å². The van der Waals surface area contributed by atoms with Crippen LogP contribution < -0.4 is 0 Å². The highest BCUT2D eigenvalue weighted by atomic mass is 35.5. The predicted molar refractivity (Wildman–Crippen MR) is 89.9 cm³/mol. The minimum Gasteiger partial charge on any atom is -0.340 e. The van der Waals surface area contributed by atoms with Crippen LogP contribution in [0.15, 0.2) is 6.20 Å². The average Bonchev–Trinajstić information content (AvgIpc) is 2.77. The summed E-state index contributed by atoms with van der Waals surface area (Å²) >= 11 is 6.17. The highest BCUT2D eigenvalue weighted by Gasteiger charge is 2.51. The van der Waals surface area contributed by atoms with E-state index in [-0.39, 0.29) is 5.91 Å². The first-order chi connectivity index (χ1) is 10.9. The molecule has 1 aromatic heterocycles. The topological polar surface area (TPSA) is 38.1 Å². The maximum absolute atomic E-state index is 12.8. The summed E-state index contributed by atoms with van der Waals surface area (Å²) in [7, 11) is 3.77. The van der Waals surface area contributed by atoms with Gasteiger partial charge in [0.1, 0.15) is 0 Å². The largest absolute Gasteiger partial charge is 0.340 e. The molecule has 1 aromatic rings. The van der Waals surface area contributed by atoms with Gasteiger partial charge in [0.2, 0.25) is 5.91 Å². The summed E-state index contributed by atoms with van der Waals surface area (Å²) < 4.78 is 1.76. The lowest BCUT2D eigenvalue weighted by Gasteiger charge is -2.56. The third-order valence-corrected chi connectivity index (χ3v) is 6.83. The lowest BCUT2D eigenvalue weighted by Crippen LogP contribution is -2.48. The molecule has 5 rings (SSSR count). The van der Waals surface area contributed by atoms with E-state index in [0.29, 0.717) is 17.0 Å². The van der Waals surface area contributed by atoms with Gasteiger partial charge in [-0.3, -0.25) is 9.48 Å². The van der Waals surface area contributed by atoms with Gasteiger partial charge in [-0.1, -0.05) is 11.6 Å². The quantitative estimate of drug-likeness (QED) is 0.842. The number of halogens is 1. The molecular weight excluding hydrogens is 310 g/mol. The van der Waals surface area contributed by atoms with Crippen molar-refractivity contribution in [2.75, 3.05) is 7.05 Å². The molecule has 126 valence electrons. The summed E-state index contributed by atoms with van der Waals surface area (Å²) in [4.78, 5) is 14.7. The molecule has 0 spiro atoms. The van der Waals surface area contributed by atoms with Gasteiger partial charge in [-0.05, 0) is 61.7 Å². The molecule has 23 heavy (non-hydrogen) atoms. The fourth-order valence-corrected chi connectivity index (χ4v) is 6.11. The second-order valence-corrected chi connectivity index (χ2v) is 8.81. The van der Waals surface area contributed by atoms with Crippen LogP contribution in [-0.4, -0.2) is 27.6 Å². The number of nitrogens with zero attached hydrogens (tertiary/aromatic N) is 3. The summed E-state index contributed by atoms with van der Waals surface area (Å²) in [6, 6.07) is 0.